The lowest BCUT2D eigenvalue weighted by atomic mass is 10.0. The number of carbonyl (C=O) groups excluding carboxylic acids is 1. The molecule has 0 aliphatic carbocycles. The molecular formula is C16H34FN3O3. The molecule has 0 fully saturated rings. The maximum absolute atomic E-state index is 14.0. The average molecular weight is 335 g/mol. The van der Waals surface area contributed by atoms with E-state index < -0.39 is 11.8 Å². The van der Waals surface area contributed by atoms with E-state index in [4.69, 9.17) is 9.47 Å². The van der Waals surface area contributed by atoms with Gasteiger partial charge in [-0.15, -0.1) is 0 Å². The number of nitrogens with one attached hydrogen (secondary N) is 3. The Hall–Kier alpha value is -0.760. The second-order valence-corrected chi connectivity index (χ2v) is 6.33. The first-order valence-corrected chi connectivity index (χ1v) is 8.30. The fourth-order valence-electron chi connectivity index (χ4n) is 1.75. The van der Waals surface area contributed by atoms with Crippen molar-refractivity contribution in [3.05, 3.63) is 0 Å². The van der Waals surface area contributed by atoms with Crippen molar-refractivity contribution in [2.45, 2.75) is 52.4 Å². The highest BCUT2D eigenvalue weighted by Crippen LogP contribution is 2.17. The minimum atomic E-state index is -1.25. The second kappa shape index (κ2) is 12.6. The molecule has 0 saturated carbocycles. The molecule has 0 rings (SSSR count). The minimum absolute atomic E-state index is 0.0337. The monoisotopic (exact) mass is 335 g/mol. The molecule has 6 nitrogen and oxygen atoms in total. The quantitative estimate of drug-likeness (QED) is 0.411. The Labute approximate surface area is 139 Å². The van der Waals surface area contributed by atoms with Crippen LogP contribution in [0.1, 0.15) is 34.6 Å². The summed E-state index contributed by atoms with van der Waals surface area (Å²) in [7, 11) is 0. The van der Waals surface area contributed by atoms with E-state index in [-0.39, 0.29) is 12.5 Å². The van der Waals surface area contributed by atoms with Crippen LogP contribution < -0.4 is 16.0 Å². The molecule has 0 saturated heterocycles. The van der Waals surface area contributed by atoms with Gasteiger partial charge >= 0.3 is 0 Å². The number of halogens is 1. The van der Waals surface area contributed by atoms with Crippen molar-refractivity contribution >= 4 is 5.91 Å². The van der Waals surface area contributed by atoms with Crippen LogP contribution in [0.15, 0.2) is 0 Å². The maximum Gasteiger partial charge on any atom is 0.216 e. The Morgan fingerprint density at radius 2 is 1.74 bits per heavy atom. The molecular weight excluding hydrogens is 301 g/mol. The third kappa shape index (κ3) is 13.4. The molecule has 0 aliphatic heterocycles. The molecule has 0 aliphatic rings. The van der Waals surface area contributed by atoms with Crippen LogP contribution in [-0.4, -0.2) is 69.7 Å². The van der Waals surface area contributed by atoms with E-state index in [1.807, 2.05) is 0 Å². The Balaban J connectivity index is 3.53. The van der Waals surface area contributed by atoms with Crippen LogP contribution in [0.25, 0.3) is 0 Å². The SMILES string of the molecule is CC(=O)NCC(F)C(C)(C)OCCNCCOCCNC(C)C. The number of ether oxygens (including phenoxy) is 2. The third-order valence-corrected chi connectivity index (χ3v) is 3.26. The zero-order valence-corrected chi connectivity index (χ0v) is 15.2. The van der Waals surface area contributed by atoms with Gasteiger partial charge in [-0.25, -0.2) is 4.39 Å². The number of amides is 1. The normalized spacial score (nSPS) is 13.3. The zero-order chi connectivity index (χ0) is 17.7. The van der Waals surface area contributed by atoms with Gasteiger partial charge in [0.1, 0.15) is 6.17 Å². The molecule has 0 aromatic carbocycles. The van der Waals surface area contributed by atoms with E-state index in [2.05, 4.69) is 29.8 Å². The molecule has 1 atom stereocenters. The van der Waals surface area contributed by atoms with Crippen molar-refractivity contribution in [1.82, 2.24) is 16.0 Å². The highest BCUT2D eigenvalue weighted by molar-refractivity contribution is 5.72. The number of rotatable bonds is 14. The summed E-state index contributed by atoms with van der Waals surface area (Å²) in [6.07, 6.45) is -1.25. The van der Waals surface area contributed by atoms with E-state index in [1.54, 1.807) is 13.8 Å². The lowest BCUT2D eigenvalue weighted by Gasteiger charge is -2.29. The highest BCUT2D eigenvalue weighted by atomic mass is 19.1. The van der Waals surface area contributed by atoms with Crippen molar-refractivity contribution < 1.29 is 18.7 Å². The summed E-state index contributed by atoms with van der Waals surface area (Å²) < 4.78 is 25.0. The molecule has 23 heavy (non-hydrogen) atoms. The topological polar surface area (TPSA) is 71.6 Å². The molecule has 0 bridgehead atoms. The molecule has 1 amide bonds. The summed E-state index contributed by atoms with van der Waals surface area (Å²) in [5.41, 5.74) is -0.927. The number of carbonyl (C=O) groups is 1. The van der Waals surface area contributed by atoms with Crippen LogP contribution in [0.5, 0.6) is 0 Å². The van der Waals surface area contributed by atoms with Gasteiger partial charge in [-0.2, -0.15) is 0 Å². The standard InChI is InChI=1S/C16H34FN3O3/c1-13(2)19-8-10-22-9-6-18-7-11-23-16(4,5)15(17)12-20-14(3)21/h13,15,18-19H,6-12H2,1-5H3,(H,20,21). The molecule has 0 radical (unpaired) electrons. The van der Waals surface area contributed by atoms with Crippen molar-refractivity contribution in [3.63, 3.8) is 0 Å². The predicted molar refractivity (Wildman–Crippen MR) is 90.4 cm³/mol. The summed E-state index contributed by atoms with van der Waals surface area (Å²) in [5, 5.41) is 8.92. The molecule has 0 aromatic rings. The van der Waals surface area contributed by atoms with Crippen LogP contribution >= 0.6 is 0 Å². The first-order chi connectivity index (χ1) is 10.8. The first kappa shape index (κ1) is 22.2. The third-order valence-electron chi connectivity index (χ3n) is 3.26. The summed E-state index contributed by atoms with van der Waals surface area (Å²) in [6.45, 7) is 12.8. The average Bonchev–Trinajstić information content (AvgIpc) is 2.46. The summed E-state index contributed by atoms with van der Waals surface area (Å²) in [4.78, 5) is 10.8. The van der Waals surface area contributed by atoms with Gasteiger partial charge in [0.25, 0.3) is 0 Å². The lowest BCUT2D eigenvalue weighted by Crippen LogP contribution is -2.44. The van der Waals surface area contributed by atoms with Crippen LogP contribution in [0, 0.1) is 0 Å². The number of hydrogen-bond donors (Lipinski definition) is 3. The van der Waals surface area contributed by atoms with Crippen molar-refractivity contribution in [1.29, 1.82) is 0 Å². The fraction of sp³-hybridized carbons (Fsp3) is 0.938. The largest absolute Gasteiger partial charge is 0.379 e. The maximum atomic E-state index is 14.0. The predicted octanol–water partition coefficient (Wildman–Crippen LogP) is 0.860. The van der Waals surface area contributed by atoms with Crippen LogP contribution in [0.2, 0.25) is 0 Å². The summed E-state index contributed by atoms with van der Waals surface area (Å²) in [6, 6.07) is 0.474. The van der Waals surface area contributed by atoms with E-state index >= 15 is 0 Å². The first-order valence-electron chi connectivity index (χ1n) is 8.30. The smallest absolute Gasteiger partial charge is 0.216 e. The summed E-state index contributed by atoms with van der Waals surface area (Å²) >= 11 is 0. The summed E-state index contributed by atoms with van der Waals surface area (Å²) in [5.74, 6) is -0.242. The Kier molecular flexibility index (Phi) is 12.2. The lowest BCUT2D eigenvalue weighted by molar-refractivity contribution is -0.120. The molecule has 0 heterocycles. The van der Waals surface area contributed by atoms with E-state index in [9.17, 15) is 9.18 Å². The van der Waals surface area contributed by atoms with E-state index in [0.29, 0.717) is 32.4 Å². The number of alkyl halides is 1. The van der Waals surface area contributed by atoms with Gasteiger partial charge in [0.05, 0.1) is 32.0 Å². The van der Waals surface area contributed by atoms with Gasteiger partial charge in [-0.1, -0.05) is 13.8 Å². The molecule has 7 heteroatoms. The van der Waals surface area contributed by atoms with E-state index in [0.717, 1.165) is 13.1 Å². The van der Waals surface area contributed by atoms with Crippen LogP contribution in [0.4, 0.5) is 4.39 Å². The van der Waals surface area contributed by atoms with Crippen LogP contribution in [0.3, 0.4) is 0 Å². The van der Waals surface area contributed by atoms with Gasteiger partial charge in [0.2, 0.25) is 5.91 Å². The van der Waals surface area contributed by atoms with Gasteiger partial charge in [0.15, 0.2) is 0 Å². The Morgan fingerprint density at radius 3 is 2.35 bits per heavy atom. The minimum Gasteiger partial charge on any atom is -0.379 e. The van der Waals surface area contributed by atoms with Gasteiger partial charge < -0.3 is 25.4 Å². The van der Waals surface area contributed by atoms with Crippen molar-refractivity contribution in [3.8, 4) is 0 Å². The Bertz CT molecular complexity index is 315. The fourth-order valence-corrected chi connectivity index (χ4v) is 1.75. The molecule has 0 aromatic heterocycles. The zero-order valence-electron chi connectivity index (χ0n) is 15.2. The van der Waals surface area contributed by atoms with Crippen molar-refractivity contribution in [2.75, 3.05) is 46.0 Å². The van der Waals surface area contributed by atoms with Gasteiger partial charge in [0, 0.05) is 32.6 Å². The van der Waals surface area contributed by atoms with E-state index in [1.165, 1.54) is 6.92 Å². The molecule has 1 unspecified atom stereocenters. The molecule has 0 spiro atoms. The Morgan fingerprint density at radius 1 is 1.13 bits per heavy atom. The number of hydrogen-bond acceptors (Lipinski definition) is 5. The van der Waals surface area contributed by atoms with Gasteiger partial charge in [-0.3, -0.25) is 4.79 Å². The van der Waals surface area contributed by atoms with Crippen LogP contribution in [-0.2, 0) is 14.3 Å². The van der Waals surface area contributed by atoms with Gasteiger partial charge in [-0.05, 0) is 13.8 Å². The second-order valence-electron chi connectivity index (χ2n) is 6.33. The highest BCUT2D eigenvalue weighted by Gasteiger charge is 2.30. The van der Waals surface area contributed by atoms with Crippen molar-refractivity contribution in [2.24, 2.45) is 0 Å². The molecule has 3 N–H and O–H groups in total. The molecule has 138 valence electrons.